The summed E-state index contributed by atoms with van der Waals surface area (Å²) in [4.78, 5) is 13.5. The van der Waals surface area contributed by atoms with Gasteiger partial charge in [-0.15, -0.1) is 0 Å². The fourth-order valence-electron chi connectivity index (χ4n) is 1.82. The predicted octanol–water partition coefficient (Wildman–Crippen LogP) is 3.60. The second-order valence-electron chi connectivity index (χ2n) is 4.45. The smallest absolute Gasteiger partial charge is 0.383 e. The van der Waals surface area contributed by atoms with Gasteiger partial charge in [0.15, 0.2) is 0 Å². The van der Waals surface area contributed by atoms with Gasteiger partial charge in [0.05, 0.1) is 17.9 Å². The van der Waals surface area contributed by atoms with Crippen LogP contribution in [0.1, 0.15) is 18.9 Å². The molecule has 1 aromatic rings. The Bertz CT molecular complexity index is 464. The average molecular weight is 304 g/mol. The van der Waals surface area contributed by atoms with Crippen molar-refractivity contribution < 1.29 is 22.7 Å². The third kappa shape index (κ3) is 5.26. The molecule has 0 saturated carbocycles. The fourth-order valence-corrected chi connectivity index (χ4v) is 1.82. The zero-order chi connectivity index (χ0) is 15.9. The molecule has 0 unspecified atom stereocenters. The molecule has 1 aromatic carbocycles. The lowest BCUT2D eigenvalue weighted by Gasteiger charge is -2.23. The Labute approximate surface area is 121 Å². The Balaban J connectivity index is 2.86. The number of amides is 2. The predicted molar refractivity (Wildman–Crippen MR) is 74.2 cm³/mol. The summed E-state index contributed by atoms with van der Waals surface area (Å²) in [6, 6.07) is 4.35. The summed E-state index contributed by atoms with van der Waals surface area (Å²) in [7, 11) is 1.50. The third-order valence-corrected chi connectivity index (χ3v) is 2.82. The van der Waals surface area contributed by atoms with Crippen molar-refractivity contribution in [3.8, 4) is 0 Å². The normalized spacial score (nSPS) is 11.3. The van der Waals surface area contributed by atoms with E-state index in [1.807, 2.05) is 6.92 Å². The molecule has 118 valence electrons. The number of benzene rings is 1. The van der Waals surface area contributed by atoms with Crippen LogP contribution < -0.4 is 5.32 Å². The van der Waals surface area contributed by atoms with Crippen molar-refractivity contribution in [3.63, 3.8) is 0 Å². The van der Waals surface area contributed by atoms with Crippen LogP contribution in [0.25, 0.3) is 0 Å². The Kier molecular flexibility index (Phi) is 6.48. The molecule has 0 spiro atoms. The number of methoxy groups -OCH3 is 1. The number of urea groups is 1. The lowest BCUT2D eigenvalue weighted by molar-refractivity contribution is -0.136. The van der Waals surface area contributed by atoms with E-state index in [0.717, 1.165) is 6.07 Å². The Morgan fingerprint density at radius 3 is 2.52 bits per heavy atom. The summed E-state index contributed by atoms with van der Waals surface area (Å²) in [6.45, 7) is 2.98. The summed E-state index contributed by atoms with van der Waals surface area (Å²) < 4.78 is 43.5. The van der Waals surface area contributed by atoms with E-state index < -0.39 is 17.8 Å². The number of ether oxygens (including phenoxy) is 1. The van der Waals surface area contributed by atoms with Crippen molar-refractivity contribution in [2.75, 3.05) is 32.1 Å². The molecule has 0 aliphatic heterocycles. The van der Waals surface area contributed by atoms with Crippen LogP contribution in [0, 0.1) is 0 Å². The molecule has 2 amide bonds. The van der Waals surface area contributed by atoms with Gasteiger partial charge in [0.25, 0.3) is 0 Å². The number of anilines is 1. The van der Waals surface area contributed by atoms with Gasteiger partial charge in [-0.2, -0.15) is 13.2 Å². The molecule has 0 aliphatic rings. The van der Waals surface area contributed by atoms with Gasteiger partial charge in [-0.25, -0.2) is 4.79 Å². The van der Waals surface area contributed by atoms with Crippen LogP contribution >= 0.6 is 0 Å². The molecule has 0 bridgehead atoms. The average Bonchev–Trinajstić information content (AvgIpc) is 2.42. The standard InChI is InChI=1S/C14H19F3N2O2/c1-3-8-19(9-10-21-2)13(20)18-12-7-5-4-6-11(12)14(15,16)17/h4-7H,3,8-10H2,1-2H3,(H,18,20). The maximum Gasteiger partial charge on any atom is 0.418 e. The number of carbonyl (C=O) groups is 1. The SMILES string of the molecule is CCCN(CCOC)C(=O)Nc1ccccc1C(F)(F)F. The van der Waals surface area contributed by atoms with Crippen molar-refractivity contribution >= 4 is 11.7 Å². The molecular formula is C14H19F3N2O2. The minimum Gasteiger partial charge on any atom is -0.383 e. The van der Waals surface area contributed by atoms with Crippen LogP contribution in [0.5, 0.6) is 0 Å². The molecule has 0 fully saturated rings. The molecular weight excluding hydrogens is 285 g/mol. The van der Waals surface area contributed by atoms with E-state index in [2.05, 4.69) is 5.32 Å². The lowest BCUT2D eigenvalue weighted by Crippen LogP contribution is -2.38. The molecule has 1 N–H and O–H groups in total. The van der Waals surface area contributed by atoms with Crippen LogP contribution in [-0.4, -0.2) is 37.7 Å². The highest BCUT2D eigenvalue weighted by molar-refractivity contribution is 5.90. The van der Waals surface area contributed by atoms with E-state index in [4.69, 9.17) is 4.74 Å². The minimum atomic E-state index is -4.51. The summed E-state index contributed by atoms with van der Waals surface area (Å²) in [6.07, 6.45) is -3.80. The topological polar surface area (TPSA) is 41.6 Å². The summed E-state index contributed by atoms with van der Waals surface area (Å²) >= 11 is 0. The Hall–Kier alpha value is -1.76. The van der Waals surface area contributed by atoms with Crippen LogP contribution in [0.4, 0.5) is 23.7 Å². The minimum absolute atomic E-state index is 0.242. The van der Waals surface area contributed by atoms with Crippen LogP contribution in [0.2, 0.25) is 0 Å². The van der Waals surface area contributed by atoms with Crippen molar-refractivity contribution in [1.29, 1.82) is 0 Å². The Morgan fingerprint density at radius 2 is 1.95 bits per heavy atom. The van der Waals surface area contributed by atoms with E-state index in [9.17, 15) is 18.0 Å². The molecule has 0 atom stereocenters. The molecule has 7 heteroatoms. The number of hydrogen-bond donors (Lipinski definition) is 1. The van der Waals surface area contributed by atoms with Crippen LogP contribution in [0.15, 0.2) is 24.3 Å². The van der Waals surface area contributed by atoms with Crippen molar-refractivity contribution in [1.82, 2.24) is 4.90 Å². The number of nitrogens with zero attached hydrogens (tertiary/aromatic N) is 1. The van der Waals surface area contributed by atoms with Gasteiger partial charge >= 0.3 is 12.2 Å². The van der Waals surface area contributed by atoms with E-state index in [0.29, 0.717) is 26.1 Å². The quantitative estimate of drug-likeness (QED) is 0.872. The maximum atomic E-state index is 12.9. The second kappa shape index (κ2) is 7.87. The number of hydrogen-bond acceptors (Lipinski definition) is 2. The first-order valence-electron chi connectivity index (χ1n) is 6.61. The highest BCUT2D eigenvalue weighted by Crippen LogP contribution is 2.34. The second-order valence-corrected chi connectivity index (χ2v) is 4.45. The summed E-state index contributed by atoms with van der Waals surface area (Å²) in [5.74, 6) is 0. The van der Waals surface area contributed by atoms with Gasteiger partial charge in [-0.3, -0.25) is 0 Å². The summed E-state index contributed by atoms with van der Waals surface area (Å²) in [5.41, 5.74) is -1.10. The molecule has 0 saturated heterocycles. The number of rotatable bonds is 6. The lowest BCUT2D eigenvalue weighted by atomic mass is 10.1. The first-order valence-corrected chi connectivity index (χ1v) is 6.61. The highest BCUT2D eigenvalue weighted by atomic mass is 19.4. The van der Waals surface area contributed by atoms with Gasteiger partial charge in [0.2, 0.25) is 0 Å². The fraction of sp³-hybridized carbons (Fsp3) is 0.500. The van der Waals surface area contributed by atoms with Gasteiger partial charge in [-0.05, 0) is 18.6 Å². The zero-order valence-corrected chi connectivity index (χ0v) is 12.0. The molecule has 0 aromatic heterocycles. The number of halogens is 3. The number of nitrogens with one attached hydrogen (secondary N) is 1. The van der Waals surface area contributed by atoms with E-state index >= 15 is 0 Å². The van der Waals surface area contributed by atoms with Gasteiger partial charge in [-0.1, -0.05) is 19.1 Å². The van der Waals surface area contributed by atoms with Crippen LogP contribution in [-0.2, 0) is 10.9 Å². The Morgan fingerprint density at radius 1 is 1.29 bits per heavy atom. The first kappa shape index (κ1) is 17.3. The monoisotopic (exact) mass is 304 g/mol. The molecule has 1 rings (SSSR count). The number of alkyl halides is 3. The van der Waals surface area contributed by atoms with Crippen LogP contribution in [0.3, 0.4) is 0 Å². The molecule has 0 heterocycles. The van der Waals surface area contributed by atoms with E-state index in [-0.39, 0.29) is 5.69 Å². The number of carbonyl (C=O) groups excluding carboxylic acids is 1. The zero-order valence-electron chi connectivity index (χ0n) is 12.0. The van der Waals surface area contributed by atoms with E-state index in [1.54, 1.807) is 0 Å². The first-order chi connectivity index (χ1) is 9.90. The molecule has 0 radical (unpaired) electrons. The van der Waals surface area contributed by atoms with Gasteiger partial charge in [0, 0.05) is 20.2 Å². The molecule has 21 heavy (non-hydrogen) atoms. The van der Waals surface area contributed by atoms with Gasteiger partial charge in [0.1, 0.15) is 0 Å². The summed E-state index contributed by atoms with van der Waals surface area (Å²) in [5, 5.41) is 2.32. The molecule has 0 aliphatic carbocycles. The number of para-hydroxylation sites is 1. The van der Waals surface area contributed by atoms with Crippen molar-refractivity contribution in [2.45, 2.75) is 19.5 Å². The van der Waals surface area contributed by atoms with Crippen molar-refractivity contribution in [2.24, 2.45) is 0 Å². The third-order valence-electron chi connectivity index (χ3n) is 2.82. The van der Waals surface area contributed by atoms with Gasteiger partial charge < -0.3 is 15.0 Å². The highest BCUT2D eigenvalue weighted by Gasteiger charge is 2.33. The van der Waals surface area contributed by atoms with E-state index in [1.165, 1.54) is 30.2 Å². The largest absolute Gasteiger partial charge is 0.418 e. The molecule has 4 nitrogen and oxygen atoms in total. The van der Waals surface area contributed by atoms with Crippen molar-refractivity contribution in [3.05, 3.63) is 29.8 Å². The maximum absolute atomic E-state index is 12.9.